The van der Waals surface area contributed by atoms with Gasteiger partial charge in [0.15, 0.2) is 0 Å². The van der Waals surface area contributed by atoms with Crippen LogP contribution in [-0.2, 0) is 26.2 Å². The molecule has 4 rings (SSSR count). The molecule has 1 saturated carbocycles. The molecule has 1 fully saturated rings. The van der Waals surface area contributed by atoms with Crippen molar-refractivity contribution in [3.05, 3.63) is 93.5 Å². The first-order valence-corrected chi connectivity index (χ1v) is 16.2. The molecule has 1 aliphatic rings. The van der Waals surface area contributed by atoms with Crippen molar-refractivity contribution in [2.45, 2.75) is 76.9 Å². The van der Waals surface area contributed by atoms with Crippen LogP contribution in [0, 0.1) is 20.8 Å². The predicted molar refractivity (Wildman–Crippen MR) is 166 cm³/mol. The van der Waals surface area contributed by atoms with Crippen LogP contribution in [0.4, 0.5) is 5.69 Å². The van der Waals surface area contributed by atoms with Crippen molar-refractivity contribution in [3.8, 4) is 0 Å². The van der Waals surface area contributed by atoms with E-state index in [4.69, 9.17) is 0 Å². The summed E-state index contributed by atoms with van der Waals surface area (Å²) >= 11 is 3.44. The van der Waals surface area contributed by atoms with E-state index in [0.717, 1.165) is 52.4 Å². The minimum Gasteiger partial charge on any atom is -0.352 e. The SMILES string of the molecule is Cc1ccc(S(=O)(=O)N(CC(=O)N(Cc2ccc(Br)cc2)C(C)C(=O)NC2CCCC2)c2ccc(C)cc2C)cc1. The van der Waals surface area contributed by atoms with E-state index in [9.17, 15) is 18.0 Å². The van der Waals surface area contributed by atoms with Gasteiger partial charge in [-0.05, 0) is 82.0 Å². The van der Waals surface area contributed by atoms with Crippen LogP contribution in [0.15, 0.2) is 76.1 Å². The molecule has 7 nitrogen and oxygen atoms in total. The monoisotopic (exact) mass is 639 g/mol. The standard InChI is InChI=1S/C32H38BrN3O4S/c1-22-9-16-29(17-10-22)41(39,40)36(30-18-11-23(2)19-24(30)3)21-31(37)35(20-26-12-14-27(33)15-13-26)25(4)32(38)34-28-7-5-6-8-28/h9-19,25,28H,5-8,20-21H2,1-4H3,(H,34,38). The molecule has 1 unspecified atom stereocenters. The quantitative estimate of drug-likeness (QED) is 0.293. The Balaban J connectivity index is 1.70. The molecule has 0 spiro atoms. The second-order valence-corrected chi connectivity index (χ2v) is 13.7. The molecule has 0 bridgehead atoms. The summed E-state index contributed by atoms with van der Waals surface area (Å²) in [4.78, 5) is 29.0. The largest absolute Gasteiger partial charge is 0.352 e. The molecule has 0 heterocycles. The van der Waals surface area contributed by atoms with Crippen LogP contribution in [-0.4, -0.2) is 43.8 Å². The van der Waals surface area contributed by atoms with Crippen LogP contribution in [0.1, 0.15) is 54.9 Å². The zero-order chi connectivity index (χ0) is 29.7. The number of hydrogen-bond donors (Lipinski definition) is 1. The molecule has 3 aromatic carbocycles. The van der Waals surface area contributed by atoms with Crippen molar-refractivity contribution in [1.29, 1.82) is 0 Å². The third kappa shape index (κ3) is 7.57. The van der Waals surface area contributed by atoms with Gasteiger partial charge in [-0.3, -0.25) is 13.9 Å². The first kappa shape index (κ1) is 30.8. The zero-order valence-electron chi connectivity index (χ0n) is 24.1. The summed E-state index contributed by atoms with van der Waals surface area (Å²) in [5, 5.41) is 3.10. The number of aryl methyl sites for hydroxylation is 3. The van der Waals surface area contributed by atoms with E-state index in [1.54, 1.807) is 37.3 Å². The van der Waals surface area contributed by atoms with Crippen LogP contribution in [0.2, 0.25) is 0 Å². The molecule has 2 amide bonds. The Labute approximate surface area is 252 Å². The van der Waals surface area contributed by atoms with Gasteiger partial charge in [-0.15, -0.1) is 0 Å². The van der Waals surface area contributed by atoms with Crippen LogP contribution in [0.5, 0.6) is 0 Å². The highest BCUT2D eigenvalue weighted by Crippen LogP contribution is 2.28. The maximum atomic E-state index is 14.1. The molecule has 0 saturated heterocycles. The molecular weight excluding hydrogens is 602 g/mol. The summed E-state index contributed by atoms with van der Waals surface area (Å²) in [5.41, 5.74) is 3.91. The molecule has 41 heavy (non-hydrogen) atoms. The van der Waals surface area contributed by atoms with Gasteiger partial charge in [-0.2, -0.15) is 0 Å². The number of amides is 2. The summed E-state index contributed by atoms with van der Waals surface area (Å²) < 4.78 is 30.2. The second-order valence-electron chi connectivity index (χ2n) is 10.9. The number of carbonyl (C=O) groups is 2. The van der Waals surface area contributed by atoms with E-state index in [0.29, 0.717) is 5.69 Å². The number of rotatable bonds is 10. The Bertz CT molecular complexity index is 1480. The van der Waals surface area contributed by atoms with E-state index in [1.807, 2.05) is 57.2 Å². The minimum atomic E-state index is -4.10. The molecule has 9 heteroatoms. The lowest BCUT2D eigenvalue weighted by Gasteiger charge is -2.33. The van der Waals surface area contributed by atoms with E-state index in [2.05, 4.69) is 21.2 Å². The number of nitrogens with zero attached hydrogens (tertiary/aromatic N) is 2. The molecule has 0 radical (unpaired) electrons. The van der Waals surface area contributed by atoms with Gasteiger partial charge in [-0.25, -0.2) is 8.42 Å². The number of hydrogen-bond acceptors (Lipinski definition) is 4. The van der Waals surface area contributed by atoms with E-state index >= 15 is 0 Å². The van der Waals surface area contributed by atoms with Gasteiger partial charge in [0.25, 0.3) is 10.0 Å². The number of halogens is 1. The second kappa shape index (κ2) is 13.2. The highest BCUT2D eigenvalue weighted by atomic mass is 79.9. The van der Waals surface area contributed by atoms with Gasteiger partial charge in [0.1, 0.15) is 12.6 Å². The Hall–Kier alpha value is -3.17. The topological polar surface area (TPSA) is 86.8 Å². The lowest BCUT2D eigenvalue weighted by Crippen LogP contribution is -2.52. The zero-order valence-corrected chi connectivity index (χ0v) is 26.5. The Morgan fingerprint density at radius 1 is 0.927 bits per heavy atom. The average molecular weight is 641 g/mol. The Morgan fingerprint density at radius 2 is 1.54 bits per heavy atom. The normalized spacial score (nSPS) is 14.5. The number of nitrogens with one attached hydrogen (secondary N) is 1. The van der Waals surface area contributed by atoms with Crippen molar-refractivity contribution in [2.24, 2.45) is 0 Å². The molecule has 1 aliphatic carbocycles. The fraction of sp³-hybridized carbons (Fsp3) is 0.375. The van der Waals surface area contributed by atoms with E-state index in [1.165, 1.54) is 9.21 Å². The van der Waals surface area contributed by atoms with Crippen molar-refractivity contribution in [2.75, 3.05) is 10.8 Å². The van der Waals surface area contributed by atoms with Crippen LogP contribution >= 0.6 is 15.9 Å². The molecule has 218 valence electrons. The van der Waals surface area contributed by atoms with Crippen LogP contribution < -0.4 is 9.62 Å². The minimum absolute atomic E-state index is 0.0994. The maximum absolute atomic E-state index is 14.1. The molecule has 3 aromatic rings. The third-order valence-electron chi connectivity index (χ3n) is 7.64. The van der Waals surface area contributed by atoms with Gasteiger partial charge < -0.3 is 10.2 Å². The first-order chi connectivity index (χ1) is 19.5. The van der Waals surface area contributed by atoms with E-state index in [-0.39, 0.29) is 23.4 Å². The summed E-state index contributed by atoms with van der Waals surface area (Å²) in [5.74, 6) is -0.695. The number of carbonyl (C=O) groups excluding carboxylic acids is 2. The number of sulfonamides is 1. The van der Waals surface area contributed by atoms with Crippen molar-refractivity contribution in [1.82, 2.24) is 10.2 Å². The Morgan fingerprint density at radius 3 is 2.15 bits per heavy atom. The van der Waals surface area contributed by atoms with Crippen molar-refractivity contribution >= 4 is 43.5 Å². The third-order valence-corrected chi connectivity index (χ3v) is 9.95. The lowest BCUT2D eigenvalue weighted by molar-refractivity contribution is -0.139. The summed E-state index contributed by atoms with van der Waals surface area (Å²) in [6.45, 7) is 7.08. The molecule has 1 N–H and O–H groups in total. The smallest absolute Gasteiger partial charge is 0.264 e. The van der Waals surface area contributed by atoms with Gasteiger partial charge in [-0.1, -0.05) is 76.3 Å². The fourth-order valence-electron chi connectivity index (χ4n) is 5.20. The molecule has 1 atom stereocenters. The lowest BCUT2D eigenvalue weighted by atomic mass is 10.1. The summed E-state index contributed by atoms with van der Waals surface area (Å²) in [6, 6.07) is 18.9. The van der Waals surface area contributed by atoms with Crippen LogP contribution in [0.3, 0.4) is 0 Å². The van der Waals surface area contributed by atoms with Gasteiger partial charge in [0, 0.05) is 17.1 Å². The number of anilines is 1. The van der Waals surface area contributed by atoms with Gasteiger partial charge in [0.2, 0.25) is 11.8 Å². The Kier molecular flexibility index (Phi) is 9.92. The highest BCUT2D eigenvalue weighted by molar-refractivity contribution is 9.10. The van der Waals surface area contributed by atoms with Crippen molar-refractivity contribution in [3.63, 3.8) is 0 Å². The maximum Gasteiger partial charge on any atom is 0.264 e. The van der Waals surface area contributed by atoms with Gasteiger partial charge >= 0.3 is 0 Å². The average Bonchev–Trinajstić information content (AvgIpc) is 3.44. The van der Waals surface area contributed by atoms with E-state index < -0.39 is 28.5 Å². The predicted octanol–water partition coefficient (Wildman–Crippen LogP) is 6.05. The van der Waals surface area contributed by atoms with Gasteiger partial charge in [0.05, 0.1) is 10.6 Å². The van der Waals surface area contributed by atoms with Crippen LogP contribution in [0.25, 0.3) is 0 Å². The highest BCUT2D eigenvalue weighted by Gasteiger charge is 2.33. The first-order valence-electron chi connectivity index (χ1n) is 14.0. The van der Waals surface area contributed by atoms with Crippen molar-refractivity contribution < 1.29 is 18.0 Å². The molecular formula is C32H38BrN3O4S. The fourth-order valence-corrected chi connectivity index (χ4v) is 6.94. The molecule has 0 aliphatic heterocycles. The number of benzene rings is 3. The molecule has 0 aromatic heterocycles. The summed E-state index contributed by atoms with van der Waals surface area (Å²) in [7, 11) is -4.10. The summed E-state index contributed by atoms with van der Waals surface area (Å²) in [6.07, 6.45) is 3.99.